The lowest BCUT2D eigenvalue weighted by atomic mass is 9.68. The van der Waals surface area contributed by atoms with Gasteiger partial charge in [-0.05, 0) is 17.7 Å². The van der Waals surface area contributed by atoms with Gasteiger partial charge in [0.1, 0.15) is 5.75 Å². The summed E-state index contributed by atoms with van der Waals surface area (Å²) in [7, 11) is 3.62. The molecule has 9 heteroatoms. The Morgan fingerprint density at radius 3 is 2.58 bits per heavy atom. The number of carbonyl (C=O) groups excluding carboxylic acids is 2. The van der Waals surface area contributed by atoms with Gasteiger partial charge in [0.25, 0.3) is 0 Å². The zero-order chi connectivity index (χ0) is 23.3. The minimum absolute atomic E-state index is 0.00471. The summed E-state index contributed by atoms with van der Waals surface area (Å²) < 4.78 is 13.0. The SMILES string of the molecule is COc1ccc2c3c(n(C)c2c1)[C@@H](CO)N(C(=O)CN1CCOCC1)CC31CN(C(C)=O)C1. The smallest absolute Gasteiger partial charge is 0.237 e. The molecule has 1 spiro atoms. The predicted octanol–water partition coefficient (Wildman–Crippen LogP) is 0.495. The van der Waals surface area contributed by atoms with Crippen LogP contribution in [0, 0.1) is 0 Å². The molecule has 3 aliphatic heterocycles. The fourth-order valence-electron chi connectivity index (χ4n) is 5.83. The Balaban J connectivity index is 1.59. The number of ether oxygens (including phenoxy) is 2. The molecule has 0 radical (unpaired) electrons. The Hall–Kier alpha value is -2.62. The third-order valence-corrected chi connectivity index (χ3v) is 7.54. The first kappa shape index (κ1) is 22.2. The number of methoxy groups -OCH3 is 1. The van der Waals surface area contributed by atoms with Gasteiger partial charge in [0.05, 0.1) is 50.4 Å². The molecule has 1 N–H and O–H groups in total. The molecule has 2 amide bonds. The minimum Gasteiger partial charge on any atom is -0.497 e. The highest BCUT2D eigenvalue weighted by Gasteiger charge is 2.55. The molecule has 2 aromatic rings. The third kappa shape index (κ3) is 3.50. The van der Waals surface area contributed by atoms with Crippen LogP contribution in [0.3, 0.4) is 0 Å². The average Bonchev–Trinajstić information content (AvgIpc) is 3.09. The molecular formula is C24H32N4O5. The maximum Gasteiger partial charge on any atom is 0.237 e. The molecule has 1 aromatic heterocycles. The highest BCUT2D eigenvalue weighted by atomic mass is 16.5. The number of nitrogens with zero attached hydrogens (tertiary/aromatic N) is 4. The van der Waals surface area contributed by atoms with E-state index in [1.165, 1.54) is 0 Å². The van der Waals surface area contributed by atoms with Gasteiger partial charge in [-0.2, -0.15) is 0 Å². The van der Waals surface area contributed by atoms with Gasteiger partial charge in [-0.3, -0.25) is 14.5 Å². The van der Waals surface area contributed by atoms with Gasteiger partial charge in [-0.1, -0.05) is 0 Å². The monoisotopic (exact) mass is 456 g/mol. The molecule has 3 aliphatic rings. The highest BCUT2D eigenvalue weighted by Crippen LogP contribution is 2.49. The van der Waals surface area contributed by atoms with E-state index in [1.54, 1.807) is 14.0 Å². The lowest BCUT2D eigenvalue weighted by Gasteiger charge is -2.56. The van der Waals surface area contributed by atoms with Crippen molar-refractivity contribution in [3.05, 3.63) is 29.5 Å². The molecular weight excluding hydrogens is 424 g/mol. The number of fused-ring (bicyclic) bond motifs is 4. The number of aliphatic hydroxyl groups is 1. The van der Waals surface area contributed by atoms with Crippen LogP contribution in [-0.2, 0) is 26.8 Å². The van der Waals surface area contributed by atoms with Crippen molar-refractivity contribution >= 4 is 22.7 Å². The Kier molecular flexibility index (Phi) is 5.58. The molecule has 2 fully saturated rings. The summed E-state index contributed by atoms with van der Waals surface area (Å²) in [6, 6.07) is 5.57. The van der Waals surface area contributed by atoms with Crippen molar-refractivity contribution in [3.8, 4) is 5.75 Å². The third-order valence-electron chi connectivity index (χ3n) is 7.54. The largest absolute Gasteiger partial charge is 0.497 e. The van der Waals surface area contributed by atoms with Crippen molar-refractivity contribution < 1.29 is 24.2 Å². The fraction of sp³-hybridized carbons (Fsp3) is 0.583. The topological polar surface area (TPSA) is 87.5 Å². The number of aromatic nitrogens is 1. The van der Waals surface area contributed by atoms with E-state index in [1.807, 2.05) is 29.0 Å². The second-order valence-electron chi connectivity index (χ2n) is 9.47. The van der Waals surface area contributed by atoms with Crippen LogP contribution >= 0.6 is 0 Å². The number of aliphatic hydroxyl groups excluding tert-OH is 1. The van der Waals surface area contributed by atoms with E-state index in [4.69, 9.17) is 9.47 Å². The minimum atomic E-state index is -0.436. The molecule has 9 nitrogen and oxygen atoms in total. The van der Waals surface area contributed by atoms with Gasteiger partial charge < -0.3 is 28.9 Å². The number of carbonyl (C=O) groups is 2. The van der Waals surface area contributed by atoms with Crippen LogP contribution in [0.15, 0.2) is 18.2 Å². The zero-order valence-corrected chi connectivity index (χ0v) is 19.5. The van der Waals surface area contributed by atoms with E-state index in [2.05, 4.69) is 15.5 Å². The second-order valence-corrected chi connectivity index (χ2v) is 9.47. The van der Waals surface area contributed by atoms with Gasteiger partial charge in [0.15, 0.2) is 0 Å². The van der Waals surface area contributed by atoms with E-state index in [-0.39, 0.29) is 23.8 Å². The van der Waals surface area contributed by atoms with Crippen LogP contribution in [0.2, 0.25) is 0 Å². The summed E-state index contributed by atoms with van der Waals surface area (Å²) >= 11 is 0. The zero-order valence-electron chi connectivity index (χ0n) is 19.5. The van der Waals surface area contributed by atoms with Crippen LogP contribution in [0.5, 0.6) is 5.75 Å². The summed E-state index contributed by atoms with van der Waals surface area (Å²) in [6.07, 6.45) is 0. The van der Waals surface area contributed by atoms with Crippen LogP contribution in [0.25, 0.3) is 10.9 Å². The van der Waals surface area contributed by atoms with E-state index < -0.39 is 6.04 Å². The van der Waals surface area contributed by atoms with E-state index >= 15 is 0 Å². The molecule has 0 bridgehead atoms. The first-order valence-electron chi connectivity index (χ1n) is 11.5. The van der Waals surface area contributed by atoms with Crippen molar-refractivity contribution in [1.82, 2.24) is 19.3 Å². The van der Waals surface area contributed by atoms with E-state index in [9.17, 15) is 14.7 Å². The number of aryl methyl sites for hydroxylation is 1. The Morgan fingerprint density at radius 1 is 1.21 bits per heavy atom. The standard InChI is InChI=1S/C24H32N4O5/c1-16(30)27-13-24(14-27)15-28(21(31)11-26-6-8-33-9-7-26)20(12-29)23-22(24)18-5-4-17(32-3)10-19(18)25(23)2/h4-5,10,20,29H,6-9,11-15H2,1-3H3/t20-/m1/s1. The van der Waals surface area contributed by atoms with Crippen LogP contribution in [-0.4, -0.2) is 102 Å². The van der Waals surface area contributed by atoms with Crippen molar-refractivity contribution in [2.75, 3.05) is 66.2 Å². The molecule has 33 heavy (non-hydrogen) atoms. The van der Waals surface area contributed by atoms with Crippen LogP contribution in [0.4, 0.5) is 0 Å². The van der Waals surface area contributed by atoms with Gasteiger partial charge in [0.2, 0.25) is 11.8 Å². The number of hydrogen-bond donors (Lipinski definition) is 1. The first-order valence-corrected chi connectivity index (χ1v) is 11.5. The van der Waals surface area contributed by atoms with Crippen molar-refractivity contribution in [2.45, 2.75) is 18.4 Å². The molecule has 0 aliphatic carbocycles. The number of rotatable bonds is 4. The molecule has 1 atom stereocenters. The van der Waals surface area contributed by atoms with Crippen molar-refractivity contribution in [1.29, 1.82) is 0 Å². The molecule has 0 unspecified atom stereocenters. The summed E-state index contributed by atoms with van der Waals surface area (Å²) in [5.41, 5.74) is 2.75. The molecule has 5 rings (SSSR count). The summed E-state index contributed by atoms with van der Waals surface area (Å²) in [4.78, 5) is 31.4. The lowest BCUT2D eigenvalue weighted by Crippen LogP contribution is -2.68. The number of morpholine rings is 1. The van der Waals surface area contributed by atoms with Gasteiger partial charge in [0, 0.05) is 63.8 Å². The highest BCUT2D eigenvalue weighted by molar-refractivity contribution is 5.90. The quantitative estimate of drug-likeness (QED) is 0.721. The van der Waals surface area contributed by atoms with Gasteiger partial charge in [-0.15, -0.1) is 0 Å². The Labute approximate surface area is 193 Å². The molecule has 2 saturated heterocycles. The average molecular weight is 457 g/mol. The summed E-state index contributed by atoms with van der Waals surface area (Å²) in [5.74, 6) is 0.805. The summed E-state index contributed by atoms with van der Waals surface area (Å²) in [6.45, 7) is 6.07. The number of amides is 2. The molecule has 178 valence electrons. The maximum absolute atomic E-state index is 13.5. The number of benzene rings is 1. The van der Waals surface area contributed by atoms with E-state index in [0.29, 0.717) is 39.4 Å². The van der Waals surface area contributed by atoms with Crippen LogP contribution in [0.1, 0.15) is 24.2 Å². The number of likely N-dealkylation sites (tertiary alicyclic amines) is 1. The lowest BCUT2D eigenvalue weighted by molar-refractivity contribution is -0.145. The van der Waals surface area contributed by atoms with Gasteiger partial charge in [-0.25, -0.2) is 0 Å². The number of hydrogen-bond acceptors (Lipinski definition) is 6. The molecule has 1 aromatic carbocycles. The van der Waals surface area contributed by atoms with E-state index in [0.717, 1.165) is 41.0 Å². The summed E-state index contributed by atoms with van der Waals surface area (Å²) in [5, 5.41) is 11.6. The van der Waals surface area contributed by atoms with Crippen LogP contribution < -0.4 is 4.74 Å². The van der Waals surface area contributed by atoms with Gasteiger partial charge >= 0.3 is 0 Å². The fourth-order valence-corrected chi connectivity index (χ4v) is 5.83. The first-order chi connectivity index (χ1) is 15.9. The normalized spacial score (nSPS) is 22.4. The molecule has 0 saturated carbocycles. The van der Waals surface area contributed by atoms with Crippen molar-refractivity contribution in [2.24, 2.45) is 7.05 Å². The Bertz CT molecular complexity index is 1080. The Morgan fingerprint density at radius 2 is 1.94 bits per heavy atom. The predicted molar refractivity (Wildman–Crippen MR) is 122 cm³/mol. The van der Waals surface area contributed by atoms with Crippen molar-refractivity contribution in [3.63, 3.8) is 0 Å². The maximum atomic E-state index is 13.5. The molecule has 4 heterocycles. The second kappa shape index (κ2) is 8.30.